The van der Waals surface area contributed by atoms with Gasteiger partial charge in [0.2, 0.25) is 0 Å². The van der Waals surface area contributed by atoms with Gasteiger partial charge in [-0.1, -0.05) is 37.3 Å². The summed E-state index contributed by atoms with van der Waals surface area (Å²) in [5.41, 5.74) is 4.48. The van der Waals surface area contributed by atoms with E-state index in [1.807, 2.05) is 13.1 Å². The van der Waals surface area contributed by atoms with E-state index in [1.54, 1.807) is 0 Å². The molecular weight excluding hydrogens is 278 g/mol. The van der Waals surface area contributed by atoms with Gasteiger partial charge in [0, 0.05) is 12.7 Å². The fourth-order valence-electron chi connectivity index (χ4n) is 2.63. The molecule has 2 aromatic heterocycles. The summed E-state index contributed by atoms with van der Waals surface area (Å²) < 4.78 is 2.85. The molecule has 0 aliphatic carbocycles. The Morgan fingerprint density at radius 1 is 1.29 bits per heavy atom. The second kappa shape index (κ2) is 5.82. The van der Waals surface area contributed by atoms with Crippen molar-refractivity contribution in [2.75, 3.05) is 0 Å². The first-order valence-electron chi connectivity index (χ1n) is 7.25. The highest BCUT2D eigenvalue weighted by molar-refractivity contribution is 7.71. The molecule has 0 radical (unpaired) electrons. The van der Waals surface area contributed by atoms with Crippen LogP contribution in [0.15, 0.2) is 42.6 Å². The topological polar surface area (TPSA) is 33.6 Å². The van der Waals surface area contributed by atoms with Gasteiger partial charge in [0.05, 0.1) is 5.52 Å². The SMILES string of the molecule is Cc1cnc2c(c1)[nH]c(=S)n2CCC(C)c1ccccc1. The van der Waals surface area contributed by atoms with Crippen molar-refractivity contribution in [3.05, 3.63) is 58.5 Å². The minimum absolute atomic E-state index is 0.503. The normalized spacial score (nSPS) is 12.7. The highest BCUT2D eigenvalue weighted by Gasteiger charge is 2.09. The van der Waals surface area contributed by atoms with E-state index < -0.39 is 0 Å². The number of hydrogen-bond donors (Lipinski definition) is 1. The van der Waals surface area contributed by atoms with Crippen LogP contribution in [0.1, 0.15) is 30.4 Å². The molecule has 3 nitrogen and oxygen atoms in total. The van der Waals surface area contributed by atoms with Crippen LogP contribution in [0.2, 0.25) is 0 Å². The molecule has 0 saturated carbocycles. The van der Waals surface area contributed by atoms with Gasteiger partial charge in [-0.3, -0.25) is 0 Å². The Labute approximate surface area is 129 Å². The fraction of sp³-hybridized carbons (Fsp3) is 0.294. The van der Waals surface area contributed by atoms with Crippen molar-refractivity contribution < 1.29 is 0 Å². The number of aromatic amines is 1. The van der Waals surface area contributed by atoms with Crippen LogP contribution in [-0.2, 0) is 6.54 Å². The molecule has 2 heterocycles. The third-order valence-electron chi connectivity index (χ3n) is 3.90. The van der Waals surface area contributed by atoms with Crippen LogP contribution in [0.4, 0.5) is 0 Å². The molecule has 1 N–H and O–H groups in total. The van der Waals surface area contributed by atoms with Crippen molar-refractivity contribution in [1.82, 2.24) is 14.5 Å². The number of aryl methyl sites for hydroxylation is 2. The Morgan fingerprint density at radius 3 is 2.81 bits per heavy atom. The summed E-state index contributed by atoms with van der Waals surface area (Å²) in [6.07, 6.45) is 2.93. The number of nitrogens with one attached hydrogen (secondary N) is 1. The number of aromatic nitrogens is 3. The molecule has 108 valence electrons. The van der Waals surface area contributed by atoms with Crippen LogP contribution in [0, 0.1) is 11.7 Å². The predicted octanol–water partition coefficient (Wildman–Crippen LogP) is 4.60. The Morgan fingerprint density at radius 2 is 2.05 bits per heavy atom. The van der Waals surface area contributed by atoms with Gasteiger partial charge in [-0.05, 0) is 48.7 Å². The van der Waals surface area contributed by atoms with E-state index in [0.717, 1.165) is 34.5 Å². The van der Waals surface area contributed by atoms with E-state index in [9.17, 15) is 0 Å². The van der Waals surface area contributed by atoms with Gasteiger partial charge in [-0.15, -0.1) is 0 Å². The monoisotopic (exact) mass is 297 g/mol. The number of nitrogens with zero attached hydrogens (tertiary/aromatic N) is 2. The number of imidazole rings is 1. The second-order valence-electron chi connectivity index (χ2n) is 5.57. The largest absolute Gasteiger partial charge is 0.329 e. The molecule has 1 unspecified atom stereocenters. The lowest BCUT2D eigenvalue weighted by Gasteiger charge is -2.12. The van der Waals surface area contributed by atoms with E-state index in [-0.39, 0.29) is 0 Å². The van der Waals surface area contributed by atoms with E-state index in [1.165, 1.54) is 5.56 Å². The first-order valence-corrected chi connectivity index (χ1v) is 7.66. The van der Waals surface area contributed by atoms with Crippen molar-refractivity contribution in [3.8, 4) is 0 Å². The zero-order valence-electron chi connectivity index (χ0n) is 12.3. The van der Waals surface area contributed by atoms with E-state index >= 15 is 0 Å². The molecule has 3 aromatic rings. The lowest BCUT2D eigenvalue weighted by molar-refractivity contribution is 0.579. The lowest BCUT2D eigenvalue weighted by atomic mass is 9.98. The van der Waals surface area contributed by atoms with Gasteiger partial charge in [-0.25, -0.2) is 4.98 Å². The molecule has 0 spiro atoms. The van der Waals surface area contributed by atoms with Crippen molar-refractivity contribution in [1.29, 1.82) is 0 Å². The number of rotatable bonds is 4. The Hall–Kier alpha value is -1.94. The second-order valence-corrected chi connectivity index (χ2v) is 5.95. The van der Waals surface area contributed by atoms with Crippen LogP contribution < -0.4 is 0 Å². The summed E-state index contributed by atoms with van der Waals surface area (Å²) in [7, 11) is 0. The van der Waals surface area contributed by atoms with Gasteiger partial charge < -0.3 is 9.55 Å². The third-order valence-corrected chi connectivity index (χ3v) is 4.22. The van der Waals surface area contributed by atoms with Crippen LogP contribution in [0.5, 0.6) is 0 Å². The number of pyridine rings is 1. The molecule has 21 heavy (non-hydrogen) atoms. The summed E-state index contributed by atoms with van der Waals surface area (Å²) in [5, 5.41) is 0. The van der Waals surface area contributed by atoms with Gasteiger partial charge in [0.15, 0.2) is 10.4 Å². The van der Waals surface area contributed by atoms with E-state index in [2.05, 4.69) is 57.9 Å². The summed E-state index contributed by atoms with van der Waals surface area (Å²) in [5.74, 6) is 0.503. The molecule has 0 amide bonds. The predicted molar refractivity (Wildman–Crippen MR) is 89.1 cm³/mol. The summed E-state index contributed by atoms with van der Waals surface area (Å²) >= 11 is 5.43. The molecular formula is C17H19N3S. The van der Waals surface area contributed by atoms with Crippen LogP contribution in [0.3, 0.4) is 0 Å². The van der Waals surface area contributed by atoms with Crippen LogP contribution >= 0.6 is 12.2 Å². The van der Waals surface area contributed by atoms with Gasteiger partial charge in [0.25, 0.3) is 0 Å². The molecule has 4 heteroatoms. The molecule has 0 aliphatic heterocycles. The van der Waals surface area contributed by atoms with Gasteiger partial charge in [0.1, 0.15) is 0 Å². The standard InChI is InChI=1S/C17H19N3S/c1-12-10-15-16(18-11-12)20(17(21)19-15)9-8-13(2)14-6-4-3-5-7-14/h3-7,10-11,13H,8-9H2,1-2H3,(H,19,21). The average molecular weight is 297 g/mol. The highest BCUT2D eigenvalue weighted by Crippen LogP contribution is 2.21. The number of hydrogen-bond acceptors (Lipinski definition) is 2. The summed E-state index contributed by atoms with van der Waals surface area (Å²) in [6, 6.07) is 12.7. The highest BCUT2D eigenvalue weighted by atomic mass is 32.1. The summed E-state index contributed by atoms with van der Waals surface area (Å²) in [6.45, 7) is 5.18. The van der Waals surface area contributed by atoms with Crippen molar-refractivity contribution in [2.24, 2.45) is 0 Å². The van der Waals surface area contributed by atoms with Crippen molar-refractivity contribution >= 4 is 23.4 Å². The molecule has 3 rings (SSSR count). The Bertz CT molecular complexity index is 802. The maximum absolute atomic E-state index is 5.43. The fourth-order valence-corrected chi connectivity index (χ4v) is 2.91. The maximum atomic E-state index is 5.43. The van der Waals surface area contributed by atoms with Crippen molar-refractivity contribution in [2.45, 2.75) is 32.7 Å². The van der Waals surface area contributed by atoms with E-state index in [4.69, 9.17) is 12.2 Å². The zero-order chi connectivity index (χ0) is 14.8. The molecule has 0 saturated heterocycles. The first-order chi connectivity index (χ1) is 10.1. The number of benzene rings is 1. The van der Waals surface area contributed by atoms with Gasteiger partial charge >= 0.3 is 0 Å². The van der Waals surface area contributed by atoms with Crippen molar-refractivity contribution in [3.63, 3.8) is 0 Å². The van der Waals surface area contributed by atoms with Crippen LogP contribution in [-0.4, -0.2) is 14.5 Å². The third kappa shape index (κ3) is 2.90. The van der Waals surface area contributed by atoms with E-state index in [0.29, 0.717) is 5.92 Å². The minimum Gasteiger partial charge on any atom is -0.329 e. The Balaban J connectivity index is 1.82. The molecule has 1 atom stereocenters. The maximum Gasteiger partial charge on any atom is 0.179 e. The smallest absolute Gasteiger partial charge is 0.179 e. The number of H-pyrrole nitrogens is 1. The first kappa shape index (κ1) is 14.0. The average Bonchev–Trinajstić information content (AvgIpc) is 2.80. The molecule has 0 bridgehead atoms. The summed E-state index contributed by atoms with van der Waals surface area (Å²) in [4.78, 5) is 7.76. The molecule has 0 aliphatic rings. The molecule has 1 aromatic carbocycles. The van der Waals surface area contributed by atoms with Gasteiger partial charge in [-0.2, -0.15) is 0 Å². The number of fused-ring (bicyclic) bond motifs is 1. The quantitative estimate of drug-likeness (QED) is 0.714. The zero-order valence-corrected chi connectivity index (χ0v) is 13.2. The lowest BCUT2D eigenvalue weighted by Crippen LogP contribution is -2.03. The minimum atomic E-state index is 0.503. The van der Waals surface area contributed by atoms with Crippen LogP contribution in [0.25, 0.3) is 11.2 Å². The molecule has 0 fully saturated rings. The Kier molecular flexibility index (Phi) is 3.88.